The lowest BCUT2D eigenvalue weighted by molar-refractivity contribution is -0.148. The summed E-state index contributed by atoms with van der Waals surface area (Å²) in [7, 11) is 0. The van der Waals surface area contributed by atoms with Crippen molar-refractivity contribution in [3.63, 3.8) is 0 Å². The van der Waals surface area contributed by atoms with E-state index in [2.05, 4.69) is 0 Å². The van der Waals surface area contributed by atoms with E-state index in [1.165, 1.54) is 18.2 Å². The highest BCUT2D eigenvalue weighted by Gasteiger charge is 2.38. The van der Waals surface area contributed by atoms with E-state index in [1.807, 2.05) is 0 Å². The Morgan fingerprint density at radius 2 is 1.67 bits per heavy atom. The van der Waals surface area contributed by atoms with Crippen LogP contribution in [0.2, 0.25) is 0 Å². The van der Waals surface area contributed by atoms with Crippen molar-refractivity contribution in [1.29, 1.82) is 0 Å². The van der Waals surface area contributed by atoms with E-state index in [0.717, 1.165) is 0 Å². The van der Waals surface area contributed by atoms with Crippen molar-refractivity contribution >= 4 is 17.5 Å². The Morgan fingerprint density at radius 1 is 1.04 bits per heavy atom. The summed E-state index contributed by atoms with van der Waals surface area (Å²) in [5.41, 5.74) is 1.47. The quantitative estimate of drug-likeness (QED) is 0.552. The molecule has 1 N–H and O–H groups in total. The van der Waals surface area contributed by atoms with Crippen LogP contribution in [0.15, 0.2) is 48.5 Å². The molecule has 142 valence electrons. The average molecular weight is 370 g/mol. The number of hydrogen-bond donors (Lipinski definition) is 1. The summed E-state index contributed by atoms with van der Waals surface area (Å²) in [6.45, 7) is 4.91. The first-order valence-corrected chi connectivity index (χ1v) is 8.83. The summed E-state index contributed by atoms with van der Waals surface area (Å²) in [5, 5.41) is 9.75. The number of hydrogen-bond acceptors (Lipinski definition) is 3. The molecule has 0 bridgehead atoms. The van der Waals surface area contributed by atoms with Gasteiger partial charge in [0.1, 0.15) is 17.5 Å². The number of halogens is 1. The van der Waals surface area contributed by atoms with Crippen molar-refractivity contribution in [3.8, 4) is 0 Å². The summed E-state index contributed by atoms with van der Waals surface area (Å²) in [6, 6.07) is 12.5. The highest BCUT2D eigenvalue weighted by Crippen LogP contribution is 2.34. The first-order chi connectivity index (χ1) is 12.7. The highest BCUT2D eigenvalue weighted by molar-refractivity contribution is 6.02. The fourth-order valence-electron chi connectivity index (χ4n) is 3.26. The van der Waals surface area contributed by atoms with E-state index in [9.17, 15) is 23.9 Å². The van der Waals surface area contributed by atoms with Gasteiger partial charge in [0.25, 0.3) is 0 Å². The van der Waals surface area contributed by atoms with Crippen LogP contribution in [0.3, 0.4) is 0 Å². The molecule has 27 heavy (non-hydrogen) atoms. The number of carboxylic acid groups (broad SMARTS) is 1. The van der Waals surface area contributed by atoms with Crippen LogP contribution in [0.5, 0.6) is 0 Å². The molecule has 0 aliphatic heterocycles. The smallest absolute Gasteiger partial charge is 0.314 e. The van der Waals surface area contributed by atoms with Gasteiger partial charge in [-0.1, -0.05) is 50.2 Å². The molecule has 4 nitrogen and oxygen atoms in total. The van der Waals surface area contributed by atoms with E-state index in [0.29, 0.717) is 16.7 Å². The predicted octanol–water partition coefficient (Wildman–Crippen LogP) is 4.42. The number of aliphatic carboxylic acids is 1. The second kappa shape index (κ2) is 8.71. The molecule has 0 fully saturated rings. The number of carbonyl (C=O) groups excluding carboxylic acids is 2. The van der Waals surface area contributed by atoms with Gasteiger partial charge in [0.05, 0.1) is 0 Å². The van der Waals surface area contributed by atoms with E-state index in [-0.39, 0.29) is 12.2 Å². The zero-order valence-corrected chi connectivity index (χ0v) is 15.6. The SMILES string of the molecule is Cc1cc(F)ccc1C(CC(=O)c1ccccc1)C(C(=O)O)C(=O)C(C)C. The van der Waals surface area contributed by atoms with Gasteiger partial charge in [-0.3, -0.25) is 14.4 Å². The van der Waals surface area contributed by atoms with Gasteiger partial charge in [0.2, 0.25) is 0 Å². The van der Waals surface area contributed by atoms with Crippen LogP contribution in [0.1, 0.15) is 47.7 Å². The molecule has 0 amide bonds. The van der Waals surface area contributed by atoms with Gasteiger partial charge in [-0.25, -0.2) is 4.39 Å². The Kier molecular flexibility index (Phi) is 6.61. The van der Waals surface area contributed by atoms with Gasteiger partial charge in [-0.15, -0.1) is 0 Å². The van der Waals surface area contributed by atoms with Gasteiger partial charge >= 0.3 is 5.97 Å². The first-order valence-electron chi connectivity index (χ1n) is 8.83. The molecule has 2 aromatic rings. The minimum atomic E-state index is -1.37. The number of rotatable bonds is 8. The lowest BCUT2D eigenvalue weighted by atomic mass is 9.75. The summed E-state index contributed by atoms with van der Waals surface area (Å²) in [4.78, 5) is 37.3. The maximum atomic E-state index is 13.5. The van der Waals surface area contributed by atoms with Crippen LogP contribution in [-0.4, -0.2) is 22.6 Å². The Hall–Kier alpha value is -2.82. The molecule has 2 aromatic carbocycles. The lowest BCUT2D eigenvalue weighted by Gasteiger charge is -2.26. The summed E-state index contributed by atoms with van der Waals surface area (Å²) < 4.78 is 13.5. The van der Waals surface area contributed by atoms with Crippen molar-refractivity contribution in [1.82, 2.24) is 0 Å². The Balaban J connectivity index is 2.51. The third-order valence-corrected chi connectivity index (χ3v) is 4.68. The van der Waals surface area contributed by atoms with Gasteiger partial charge < -0.3 is 5.11 Å². The highest BCUT2D eigenvalue weighted by atomic mass is 19.1. The minimum absolute atomic E-state index is 0.147. The second-order valence-corrected chi connectivity index (χ2v) is 6.97. The van der Waals surface area contributed by atoms with E-state index >= 15 is 0 Å². The molecule has 2 atom stereocenters. The Morgan fingerprint density at radius 3 is 2.19 bits per heavy atom. The maximum Gasteiger partial charge on any atom is 0.314 e. The van der Waals surface area contributed by atoms with Crippen molar-refractivity contribution < 1.29 is 23.9 Å². The number of benzene rings is 2. The van der Waals surface area contributed by atoms with Crippen molar-refractivity contribution in [2.45, 2.75) is 33.1 Å². The molecule has 2 unspecified atom stereocenters. The Bertz CT molecular complexity index is 843. The van der Waals surface area contributed by atoms with E-state index in [4.69, 9.17) is 0 Å². The lowest BCUT2D eigenvalue weighted by Crippen LogP contribution is -2.34. The number of carbonyl (C=O) groups is 3. The Labute approximate surface area is 158 Å². The maximum absolute atomic E-state index is 13.5. The van der Waals surface area contributed by atoms with E-state index in [1.54, 1.807) is 51.1 Å². The third-order valence-electron chi connectivity index (χ3n) is 4.68. The third kappa shape index (κ3) is 4.88. The van der Waals surface area contributed by atoms with Crippen LogP contribution in [-0.2, 0) is 9.59 Å². The zero-order valence-electron chi connectivity index (χ0n) is 15.6. The monoisotopic (exact) mass is 370 g/mol. The number of ketones is 2. The van der Waals surface area contributed by atoms with Gasteiger partial charge in [0.15, 0.2) is 5.78 Å². The normalized spacial score (nSPS) is 13.2. The van der Waals surface area contributed by atoms with Crippen molar-refractivity contribution in [2.75, 3.05) is 0 Å². The molecule has 0 aromatic heterocycles. The number of carboxylic acids is 1. The average Bonchev–Trinajstić information content (AvgIpc) is 2.61. The summed E-state index contributed by atoms with van der Waals surface area (Å²) >= 11 is 0. The molecular formula is C22H23FO4. The van der Waals surface area contributed by atoms with E-state index < -0.39 is 35.3 Å². The fourth-order valence-corrected chi connectivity index (χ4v) is 3.26. The van der Waals surface area contributed by atoms with Crippen LogP contribution >= 0.6 is 0 Å². The topological polar surface area (TPSA) is 71.4 Å². The molecule has 0 radical (unpaired) electrons. The molecule has 0 saturated heterocycles. The number of aryl methyl sites for hydroxylation is 1. The first kappa shape index (κ1) is 20.5. The molecule has 0 saturated carbocycles. The fraction of sp³-hybridized carbons (Fsp3) is 0.318. The van der Waals surface area contributed by atoms with Crippen LogP contribution in [0, 0.1) is 24.6 Å². The largest absolute Gasteiger partial charge is 0.481 e. The van der Waals surface area contributed by atoms with Gasteiger partial charge in [-0.05, 0) is 30.2 Å². The molecule has 0 spiro atoms. The molecule has 0 aliphatic rings. The van der Waals surface area contributed by atoms with Crippen molar-refractivity contribution in [2.24, 2.45) is 11.8 Å². The summed E-state index contributed by atoms with van der Waals surface area (Å²) in [5.74, 6) is -5.17. The molecule has 2 rings (SSSR count). The molecule has 0 aliphatic carbocycles. The number of Topliss-reactive ketones (excluding diaryl/α,β-unsaturated/α-hetero) is 2. The minimum Gasteiger partial charge on any atom is -0.481 e. The molecular weight excluding hydrogens is 347 g/mol. The van der Waals surface area contributed by atoms with Crippen LogP contribution in [0.4, 0.5) is 4.39 Å². The van der Waals surface area contributed by atoms with Gasteiger partial charge in [-0.2, -0.15) is 0 Å². The molecule has 0 heterocycles. The second-order valence-electron chi connectivity index (χ2n) is 6.97. The predicted molar refractivity (Wildman–Crippen MR) is 100 cm³/mol. The van der Waals surface area contributed by atoms with Crippen LogP contribution < -0.4 is 0 Å². The van der Waals surface area contributed by atoms with Crippen molar-refractivity contribution in [3.05, 3.63) is 71.0 Å². The van der Waals surface area contributed by atoms with Gasteiger partial charge in [0, 0.05) is 23.8 Å². The standard InChI is InChI=1S/C22H23FO4/c1-13(2)21(25)20(22(26)27)18(17-10-9-16(23)11-14(17)3)12-19(24)15-7-5-4-6-8-15/h4-11,13,18,20H,12H2,1-3H3,(H,26,27). The summed E-state index contributed by atoms with van der Waals surface area (Å²) in [6.07, 6.45) is -0.147. The zero-order chi connectivity index (χ0) is 20.1. The molecule has 5 heteroatoms. The van der Waals surface area contributed by atoms with Crippen LogP contribution in [0.25, 0.3) is 0 Å².